The van der Waals surface area contributed by atoms with Crippen LogP contribution in [0.4, 0.5) is 0 Å². The van der Waals surface area contributed by atoms with Gasteiger partial charge in [-0.1, -0.05) is 90.1 Å². The number of fused-ring (bicyclic) bond motifs is 2. The summed E-state index contributed by atoms with van der Waals surface area (Å²) in [4.78, 5) is 0. The van der Waals surface area contributed by atoms with Crippen molar-refractivity contribution in [2.75, 3.05) is 0 Å². The Hall–Kier alpha value is -1.10. The molecule has 0 saturated carbocycles. The lowest BCUT2D eigenvalue weighted by molar-refractivity contribution is 0.521. The normalized spacial score (nSPS) is 32.2. The van der Waals surface area contributed by atoms with E-state index in [-0.39, 0.29) is 21.6 Å². The molecular formula is C24H32O2P2. The average molecular weight is 414 g/mol. The SMILES string of the molecule is CC(C)(C)P1(=O)Cc2ccccc2C1C1c2ccccc2CP1(=O)C(C)(C)C. The highest BCUT2D eigenvalue weighted by Gasteiger charge is 2.60. The second-order valence-corrected chi connectivity index (χ2v) is 18.1. The van der Waals surface area contributed by atoms with Crippen molar-refractivity contribution in [2.24, 2.45) is 0 Å². The van der Waals surface area contributed by atoms with Crippen LogP contribution < -0.4 is 0 Å². The first-order chi connectivity index (χ1) is 12.9. The Morgan fingerprint density at radius 1 is 0.643 bits per heavy atom. The number of hydrogen-bond acceptors (Lipinski definition) is 2. The number of hydrogen-bond donors (Lipinski definition) is 0. The van der Waals surface area contributed by atoms with Gasteiger partial charge in [-0.3, -0.25) is 0 Å². The van der Waals surface area contributed by atoms with Crippen LogP contribution in [-0.4, -0.2) is 10.3 Å². The van der Waals surface area contributed by atoms with E-state index in [9.17, 15) is 9.13 Å². The Labute approximate surface area is 169 Å². The van der Waals surface area contributed by atoms with Crippen molar-refractivity contribution in [3.05, 3.63) is 70.8 Å². The van der Waals surface area contributed by atoms with E-state index in [4.69, 9.17) is 0 Å². The van der Waals surface area contributed by atoms with E-state index in [1.165, 1.54) is 22.3 Å². The van der Waals surface area contributed by atoms with Gasteiger partial charge in [-0.05, 0) is 22.3 Å². The molecule has 0 N–H and O–H groups in total. The van der Waals surface area contributed by atoms with Gasteiger partial charge in [-0.2, -0.15) is 0 Å². The van der Waals surface area contributed by atoms with Crippen molar-refractivity contribution in [3.63, 3.8) is 0 Å². The van der Waals surface area contributed by atoms with Crippen LogP contribution in [-0.2, 0) is 21.5 Å². The average Bonchev–Trinajstić information content (AvgIpc) is 3.05. The summed E-state index contributed by atoms with van der Waals surface area (Å²) in [6.45, 7) is 12.6. The monoisotopic (exact) mass is 414 g/mol. The molecule has 2 aliphatic heterocycles. The van der Waals surface area contributed by atoms with Gasteiger partial charge in [0.1, 0.15) is 14.3 Å². The first-order valence-electron chi connectivity index (χ1n) is 10.2. The molecule has 0 spiro atoms. The summed E-state index contributed by atoms with van der Waals surface area (Å²) in [7, 11) is -5.34. The maximum Gasteiger partial charge on any atom is 0.105 e. The maximum absolute atomic E-state index is 14.7. The van der Waals surface area contributed by atoms with E-state index >= 15 is 0 Å². The van der Waals surface area contributed by atoms with Crippen molar-refractivity contribution in [1.82, 2.24) is 0 Å². The van der Waals surface area contributed by atoms with Crippen molar-refractivity contribution >= 4 is 14.3 Å². The van der Waals surface area contributed by atoms with Gasteiger partial charge in [0.05, 0.1) is 11.3 Å². The predicted octanol–water partition coefficient (Wildman–Crippen LogP) is 7.82. The third-order valence-corrected chi connectivity index (χ3v) is 16.4. The van der Waals surface area contributed by atoms with E-state index in [0.717, 1.165) is 0 Å². The fraction of sp³-hybridized carbons (Fsp3) is 0.500. The Kier molecular flexibility index (Phi) is 4.47. The van der Waals surface area contributed by atoms with E-state index in [0.29, 0.717) is 12.3 Å². The molecular weight excluding hydrogens is 382 g/mol. The van der Waals surface area contributed by atoms with E-state index in [2.05, 4.69) is 65.8 Å². The molecule has 0 bridgehead atoms. The lowest BCUT2D eigenvalue weighted by atomic mass is 9.98. The maximum atomic E-state index is 14.7. The first kappa shape index (κ1) is 20.2. The van der Waals surface area contributed by atoms with Gasteiger partial charge >= 0.3 is 0 Å². The summed E-state index contributed by atoms with van der Waals surface area (Å²) in [5, 5.41) is -0.645. The van der Waals surface area contributed by atoms with Gasteiger partial charge < -0.3 is 9.13 Å². The Morgan fingerprint density at radius 2 is 0.964 bits per heavy atom. The molecule has 0 aromatic heterocycles. The molecule has 2 nitrogen and oxygen atoms in total. The van der Waals surface area contributed by atoms with Gasteiger partial charge in [0.2, 0.25) is 0 Å². The minimum absolute atomic E-state index is 0.155. The van der Waals surface area contributed by atoms with Crippen LogP contribution in [0.25, 0.3) is 0 Å². The highest BCUT2D eigenvalue weighted by atomic mass is 31.2. The van der Waals surface area contributed by atoms with Crippen LogP contribution in [0.5, 0.6) is 0 Å². The van der Waals surface area contributed by atoms with Crippen molar-refractivity contribution in [1.29, 1.82) is 0 Å². The summed E-state index contributed by atoms with van der Waals surface area (Å²) in [5.41, 5.74) is 4.42. The molecule has 0 radical (unpaired) electrons. The Balaban J connectivity index is 2.03. The molecule has 2 heterocycles. The molecule has 2 aromatic carbocycles. The third kappa shape index (κ3) is 2.68. The van der Waals surface area contributed by atoms with Gasteiger partial charge in [0, 0.05) is 22.6 Å². The summed E-state index contributed by atoms with van der Waals surface area (Å²) >= 11 is 0. The van der Waals surface area contributed by atoms with Crippen LogP contribution in [0, 0.1) is 0 Å². The molecule has 4 rings (SSSR count). The summed E-state index contributed by atoms with van der Waals surface area (Å²) in [6, 6.07) is 16.7. The van der Waals surface area contributed by atoms with Crippen LogP contribution in [0.15, 0.2) is 48.5 Å². The quantitative estimate of drug-likeness (QED) is 0.446. The van der Waals surface area contributed by atoms with Crippen molar-refractivity contribution in [3.8, 4) is 0 Å². The van der Waals surface area contributed by atoms with Gasteiger partial charge in [0.25, 0.3) is 0 Å². The fourth-order valence-electron chi connectivity index (χ4n) is 5.19. The van der Waals surface area contributed by atoms with Crippen LogP contribution in [0.3, 0.4) is 0 Å². The summed E-state index contributed by atoms with van der Waals surface area (Å²) in [5.74, 6) is 0. The number of rotatable bonds is 1. The van der Waals surface area contributed by atoms with Crippen LogP contribution >= 0.6 is 14.3 Å². The first-order valence-corrected chi connectivity index (χ1v) is 14.2. The lowest BCUT2D eigenvalue weighted by Crippen LogP contribution is -2.24. The molecule has 0 amide bonds. The molecule has 2 aromatic rings. The van der Waals surface area contributed by atoms with Crippen LogP contribution in [0.1, 0.15) is 75.1 Å². The van der Waals surface area contributed by atoms with E-state index in [1.807, 2.05) is 24.3 Å². The smallest absolute Gasteiger partial charge is 0.105 e. The predicted molar refractivity (Wildman–Crippen MR) is 120 cm³/mol. The standard InChI is InChI=1S/C24H32O2P2/c1-23(2,3)27(25)15-17-11-7-9-13-19(17)21(27)22-20-14-10-8-12-18(20)16-28(22,26)24(4,5)6/h7-14,21-22H,15-16H2,1-6H3. The minimum Gasteiger partial charge on any atom is -0.322 e. The second kappa shape index (κ2) is 6.20. The third-order valence-electron chi connectivity index (χ3n) is 7.03. The number of benzene rings is 2. The fourth-order valence-corrected chi connectivity index (χ4v) is 13.7. The van der Waals surface area contributed by atoms with Crippen molar-refractivity contribution in [2.45, 2.75) is 75.5 Å². The van der Waals surface area contributed by atoms with E-state index in [1.54, 1.807) is 0 Å². The molecule has 4 atom stereocenters. The molecule has 28 heavy (non-hydrogen) atoms. The van der Waals surface area contributed by atoms with Crippen molar-refractivity contribution < 1.29 is 9.13 Å². The topological polar surface area (TPSA) is 34.1 Å². The summed E-state index contributed by atoms with van der Waals surface area (Å²) in [6.07, 6.45) is 1.25. The summed E-state index contributed by atoms with van der Waals surface area (Å²) < 4.78 is 29.4. The van der Waals surface area contributed by atoms with E-state index < -0.39 is 14.3 Å². The van der Waals surface area contributed by atoms with Gasteiger partial charge in [0.15, 0.2) is 0 Å². The van der Waals surface area contributed by atoms with Crippen LogP contribution in [0.2, 0.25) is 0 Å². The second-order valence-electron chi connectivity index (χ2n) is 10.5. The molecule has 4 heteroatoms. The zero-order chi connectivity index (χ0) is 20.5. The molecule has 4 unspecified atom stereocenters. The lowest BCUT2D eigenvalue weighted by Gasteiger charge is -2.42. The molecule has 2 aliphatic rings. The molecule has 0 aliphatic carbocycles. The minimum atomic E-state index is -2.67. The largest absolute Gasteiger partial charge is 0.322 e. The zero-order valence-electron chi connectivity index (χ0n) is 17.9. The highest BCUT2D eigenvalue weighted by Crippen LogP contribution is 2.87. The molecule has 0 fully saturated rings. The molecule has 150 valence electrons. The molecule has 0 saturated heterocycles. The van der Waals surface area contributed by atoms with Gasteiger partial charge in [-0.25, -0.2) is 0 Å². The highest BCUT2D eigenvalue weighted by molar-refractivity contribution is 7.69. The van der Waals surface area contributed by atoms with Gasteiger partial charge in [-0.15, -0.1) is 0 Å². The Morgan fingerprint density at radius 3 is 1.29 bits per heavy atom. The Bertz CT molecular complexity index is 940. The zero-order valence-corrected chi connectivity index (χ0v) is 19.7.